The number of benzene rings is 4. The number of rotatable bonds is 14. The quantitative estimate of drug-likeness (QED) is 0.0447. The number of anilines is 2. The number of hydrogen-bond acceptors (Lipinski definition) is 15. The Morgan fingerprint density at radius 3 is 1.46 bits per heavy atom. The maximum atomic E-state index is 15.5. The highest BCUT2D eigenvalue weighted by molar-refractivity contribution is 7.90. The summed E-state index contributed by atoms with van der Waals surface area (Å²) in [6, 6.07) is 16.7. The van der Waals surface area contributed by atoms with Gasteiger partial charge in [-0.05, 0) is 113 Å². The Morgan fingerprint density at radius 2 is 1.05 bits per heavy atom. The molecule has 91 heavy (non-hydrogen) atoms. The molecule has 0 spiro atoms. The van der Waals surface area contributed by atoms with Crippen LogP contribution in [-0.2, 0) is 34.1 Å². The highest BCUT2D eigenvalue weighted by Gasteiger charge is 2.31. The van der Waals surface area contributed by atoms with Crippen LogP contribution in [0.25, 0.3) is 54.3 Å². The fourth-order valence-electron chi connectivity index (χ4n) is 11.0. The molecule has 2 fully saturated rings. The monoisotopic (exact) mass is 1280 g/mol. The van der Waals surface area contributed by atoms with Gasteiger partial charge in [-0.15, -0.1) is 0 Å². The normalized spacial score (nSPS) is 16.6. The van der Waals surface area contributed by atoms with E-state index in [9.17, 15) is 30.8 Å². The number of aromatic nitrogens is 10. The van der Waals surface area contributed by atoms with Crippen molar-refractivity contribution in [1.82, 2.24) is 47.0 Å². The van der Waals surface area contributed by atoms with Crippen LogP contribution in [0.4, 0.5) is 40.6 Å². The van der Waals surface area contributed by atoms with Gasteiger partial charge in [0, 0.05) is 85.3 Å². The number of fused-ring (bicyclic) bond motifs is 2. The minimum Gasteiger partial charge on any atom is -0.476 e. The summed E-state index contributed by atoms with van der Waals surface area (Å²) in [6.45, 7) is 18.4. The van der Waals surface area contributed by atoms with E-state index in [4.69, 9.17) is 24.0 Å². The van der Waals surface area contributed by atoms with Crippen molar-refractivity contribution in [2.24, 2.45) is 25.7 Å². The largest absolute Gasteiger partial charge is 0.476 e. The molecule has 2 aliphatic carbocycles. The SMILES string of the molecule is Cn1cnc(C(=O)O)c1.[C-]#[N+]c1cc(F)c2c(c1)c(-c1ncc(F)c(N[C@H]3CCC[C@@H](CC(=O)c4cn(C)cn4)C3)n1)cn2S(=O)(=O)c1ccc(C)cc1.[C-]#[N+]c1cc(F)c2c(c1)c(-c1ncc(F)c(N[C@H]3CCC[C@@H](N)C3)n1)cn2S(=O)(=O)c1ccc(C)cc1. The van der Waals surface area contributed by atoms with E-state index >= 15 is 13.2 Å². The number of halogens is 4. The Hall–Kier alpha value is -10.2. The molecule has 4 aromatic carbocycles. The number of aryl methyl sites for hydroxylation is 4. The van der Waals surface area contributed by atoms with Gasteiger partial charge >= 0.3 is 5.97 Å². The van der Waals surface area contributed by atoms with Crippen LogP contribution < -0.4 is 16.4 Å². The minimum absolute atomic E-state index is 0.00612. The van der Waals surface area contributed by atoms with Gasteiger partial charge in [-0.3, -0.25) is 4.79 Å². The summed E-state index contributed by atoms with van der Waals surface area (Å²) in [4.78, 5) is 54.1. The standard InChI is InChI=1S/C32H29F2N7O3S.C26H24F2N6O2S.C5H6N2O2/c1-19-7-9-23(10-8-19)45(43,44)41-16-25(24-13-22(35-2)14-26(33)30(24)41)31-36-15-27(34)32(39-31)38-21-6-4-5-20(11-21)12-29(42)28-17-40(3)18-37-28;1-15-6-8-19(9-7-15)37(35,36)34-14-21(20-11-18(30-2)12-22(27)24(20)34)25-31-13-23(28)26(33-25)32-17-5-3-4-16(29)10-17;1-7-2-4(5(8)9)6-3-7/h7-10,13-18,20-21H,4-6,11-12H2,1,3H3,(H,36,38,39);6-9,11-14,16-17H,3-5,10,29H2,1H3,(H,31,32,33);2-3H,1H3,(H,8,9)/t20-,21+;16-,17+;/m11./s1. The first-order valence-corrected chi connectivity index (χ1v) is 31.4. The zero-order valence-electron chi connectivity index (χ0n) is 49.4. The van der Waals surface area contributed by atoms with E-state index in [0.717, 1.165) is 82.1 Å². The second-order valence-electron chi connectivity index (χ2n) is 22.4. The third kappa shape index (κ3) is 14.0. The molecule has 468 valence electrons. The van der Waals surface area contributed by atoms with Crippen LogP contribution in [-0.4, -0.2) is 98.8 Å². The van der Waals surface area contributed by atoms with Crippen molar-refractivity contribution in [1.29, 1.82) is 0 Å². The molecule has 0 unspecified atom stereocenters. The lowest BCUT2D eigenvalue weighted by molar-refractivity contribution is 0.0690. The molecule has 28 heteroatoms. The number of carboxylic acid groups (broad SMARTS) is 1. The Kier molecular flexibility index (Phi) is 18.6. The molecule has 2 aliphatic rings. The molecule has 0 amide bonds. The first kappa shape index (κ1) is 63.8. The van der Waals surface area contributed by atoms with Gasteiger partial charge in [-0.25, -0.2) is 86.7 Å². The summed E-state index contributed by atoms with van der Waals surface area (Å²) < 4.78 is 120. The van der Waals surface area contributed by atoms with E-state index in [2.05, 4.69) is 50.2 Å². The number of nitrogens with one attached hydrogen (secondary N) is 2. The zero-order valence-corrected chi connectivity index (χ0v) is 51.0. The first-order chi connectivity index (χ1) is 43.4. The van der Waals surface area contributed by atoms with Crippen molar-refractivity contribution < 1.29 is 49.1 Å². The third-order valence-electron chi connectivity index (χ3n) is 15.6. The number of nitrogens with zero attached hydrogens (tertiary/aromatic N) is 12. The molecule has 2 saturated carbocycles. The molecular weight excluding hydrogens is 1220 g/mol. The Morgan fingerprint density at radius 1 is 0.615 bits per heavy atom. The predicted octanol–water partition coefficient (Wildman–Crippen LogP) is 11.7. The van der Waals surface area contributed by atoms with Crippen molar-refractivity contribution >= 4 is 76.6 Å². The predicted molar refractivity (Wildman–Crippen MR) is 331 cm³/mol. The fourth-order valence-corrected chi connectivity index (χ4v) is 13.8. The zero-order chi connectivity index (χ0) is 65.1. The van der Waals surface area contributed by atoms with Gasteiger partial charge < -0.3 is 30.6 Å². The highest BCUT2D eigenvalue weighted by Crippen LogP contribution is 2.39. The second-order valence-corrected chi connectivity index (χ2v) is 26.0. The average Bonchev–Trinajstić information content (AvgIpc) is 1.61. The molecule has 4 atom stereocenters. The van der Waals surface area contributed by atoms with E-state index in [1.165, 1.54) is 61.3 Å². The number of carbonyl (C=O) groups is 2. The fraction of sp³-hybridized carbons (Fsp3) is 0.270. The minimum atomic E-state index is -4.27. The van der Waals surface area contributed by atoms with Gasteiger partial charge in [-0.1, -0.05) is 41.8 Å². The van der Waals surface area contributed by atoms with Crippen LogP contribution in [0.15, 0.2) is 132 Å². The Balaban J connectivity index is 0.000000178. The lowest BCUT2D eigenvalue weighted by atomic mass is 9.82. The molecule has 0 aliphatic heterocycles. The topological polar surface area (TPSA) is 279 Å². The lowest BCUT2D eigenvalue weighted by Crippen LogP contribution is -2.35. The van der Waals surface area contributed by atoms with Gasteiger partial charge in [0.15, 0.2) is 57.8 Å². The van der Waals surface area contributed by atoms with Crippen molar-refractivity contribution in [3.63, 3.8) is 0 Å². The van der Waals surface area contributed by atoms with Crippen LogP contribution in [0.1, 0.15) is 89.9 Å². The van der Waals surface area contributed by atoms with Gasteiger partial charge in [0.25, 0.3) is 20.0 Å². The number of carbonyl (C=O) groups excluding carboxylic acids is 1. The van der Waals surface area contributed by atoms with Crippen molar-refractivity contribution in [3.8, 4) is 22.8 Å². The maximum absolute atomic E-state index is 15.5. The smallest absolute Gasteiger partial charge is 0.356 e. The second kappa shape index (κ2) is 26.5. The highest BCUT2D eigenvalue weighted by atomic mass is 32.2. The molecule has 0 bridgehead atoms. The number of Topliss-reactive ketones (excluding diaryl/α,β-unsaturated/α-hetero) is 1. The maximum Gasteiger partial charge on any atom is 0.356 e. The molecule has 6 heterocycles. The van der Waals surface area contributed by atoms with Gasteiger partial charge in [0.2, 0.25) is 0 Å². The van der Waals surface area contributed by atoms with Crippen molar-refractivity contribution in [2.45, 2.75) is 99.6 Å². The number of nitrogens with two attached hydrogens (primary N) is 1. The molecule has 10 aromatic rings. The molecule has 0 saturated heterocycles. The summed E-state index contributed by atoms with van der Waals surface area (Å²) in [5.41, 5.74) is 7.96. The molecule has 6 aromatic heterocycles. The summed E-state index contributed by atoms with van der Waals surface area (Å²) in [5.74, 6) is -4.32. The van der Waals surface area contributed by atoms with Crippen molar-refractivity contribution in [2.75, 3.05) is 10.6 Å². The van der Waals surface area contributed by atoms with Crippen LogP contribution in [0.5, 0.6) is 0 Å². The van der Waals surface area contributed by atoms with Gasteiger partial charge in [0.1, 0.15) is 17.3 Å². The number of imidazole rings is 2. The van der Waals surface area contributed by atoms with E-state index in [1.54, 1.807) is 60.0 Å². The number of carboxylic acids is 1. The molecule has 5 N–H and O–H groups in total. The molecular formula is C63H59F4N15O7S2. The number of aromatic carboxylic acids is 1. The number of hydrogen-bond donors (Lipinski definition) is 4. The summed E-state index contributed by atoms with van der Waals surface area (Å²) in [7, 11) is -4.96. The summed E-state index contributed by atoms with van der Waals surface area (Å²) in [6.07, 6.45) is 17.2. The van der Waals surface area contributed by atoms with Gasteiger partial charge in [-0.2, -0.15) is 0 Å². The van der Waals surface area contributed by atoms with Crippen molar-refractivity contribution in [3.05, 3.63) is 191 Å². The van der Waals surface area contributed by atoms with E-state index in [0.29, 0.717) is 25.0 Å². The third-order valence-corrected chi connectivity index (χ3v) is 18.9. The molecule has 12 rings (SSSR count). The number of ketones is 1. The van der Waals surface area contributed by atoms with Crippen LogP contribution in [0.2, 0.25) is 0 Å². The van der Waals surface area contributed by atoms with Crippen LogP contribution >= 0.6 is 0 Å². The van der Waals surface area contributed by atoms with Crippen LogP contribution in [0.3, 0.4) is 0 Å². The van der Waals surface area contributed by atoms with Gasteiger partial charge in [0.05, 0.1) is 59.0 Å². The molecule has 22 nitrogen and oxygen atoms in total. The first-order valence-electron chi connectivity index (χ1n) is 28.6. The average molecular weight is 1280 g/mol. The molecule has 0 radical (unpaired) electrons. The lowest BCUT2D eigenvalue weighted by Gasteiger charge is -2.29. The van der Waals surface area contributed by atoms with E-state index in [-0.39, 0.29) is 113 Å². The summed E-state index contributed by atoms with van der Waals surface area (Å²) in [5, 5.41) is 14.8. The summed E-state index contributed by atoms with van der Waals surface area (Å²) >= 11 is 0. The Bertz CT molecular complexity index is 4750. The van der Waals surface area contributed by atoms with Crippen LogP contribution in [0, 0.1) is 56.2 Å². The van der Waals surface area contributed by atoms with E-state index in [1.807, 2.05) is 13.8 Å². The van der Waals surface area contributed by atoms with E-state index < -0.39 is 49.3 Å². The Labute approximate surface area is 520 Å².